The number of aliphatic hydroxyl groups is 1. The monoisotopic (exact) mass is 296 g/mol. The van der Waals surface area contributed by atoms with E-state index in [1.807, 2.05) is 20.8 Å². The Kier molecular flexibility index (Phi) is 5.01. The lowest BCUT2D eigenvalue weighted by molar-refractivity contribution is 0.0565. The van der Waals surface area contributed by atoms with Gasteiger partial charge in [-0.2, -0.15) is 4.98 Å². The number of rotatable bonds is 3. The van der Waals surface area contributed by atoms with Crippen molar-refractivity contribution >= 4 is 0 Å². The quantitative estimate of drug-likeness (QED) is 0.907. The highest BCUT2D eigenvalue weighted by atomic mass is 16.5. The smallest absolute Gasteiger partial charge is 0.229 e. The number of aliphatic hydroxyl groups excluding tert-OH is 1. The van der Waals surface area contributed by atoms with Crippen LogP contribution in [-0.2, 0) is 6.42 Å². The second-order valence-corrected chi connectivity index (χ2v) is 7.24. The number of likely N-dealkylation sites (N-methyl/N-ethyl adjacent to an activating group) is 2. The fraction of sp³-hybridized carbons (Fsp3) is 0.867. The predicted octanol–water partition coefficient (Wildman–Crippen LogP) is 1.33. The van der Waals surface area contributed by atoms with Crippen LogP contribution in [0.1, 0.15) is 44.9 Å². The van der Waals surface area contributed by atoms with Crippen molar-refractivity contribution in [2.75, 3.05) is 33.7 Å². The van der Waals surface area contributed by atoms with E-state index in [0.717, 1.165) is 31.9 Å². The van der Waals surface area contributed by atoms with Crippen LogP contribution in [0.4, 0.5) is 0 Å². The van der Waals surface area contributed by atoms with Crippen molar-refractivity contribution in [3.8, 4) is 0 Å². The van der Waals surface area contributed by atoms with Crippen molar-refractivity contribution in [1.82, 2.24) is 19.9 Å². The summed E-state index contributed by atoms with van der Waals surface area (Å²) in [4.78, 5) is 9.08. The molecule has 21 heavy (non-hydrogen) atoms. The summed E-state index contributed by atoms with van der Waals surface area (Å²) in [6.07, 6.45) is 1.07. The number of hydrogen-bond donors (Lipinski definition) is 1. The topological polar surface area (TPSA) is 65.6 Å². The van der Waals surface area contributed by atoms with E-state index < -0.39 is 6.10 Å². The van der Waals surface area contributed by atoms with E-state index in [-0.39, 0.29) is 11.5 Å². The molecular weight excluding hydrogens is 268 g/mol. The molecular formula is C15H28N4O2. The third-order valence-electron chi connectivity index (χ3n) is 4.22. The van der Waals surface area contributed by atoms with Crippen molar-refractivity contribution in [3.05, 3.63) is 11.7 Å². The minimum atomic E-state index is -0.486. The normalized spacial score (nSPS) is 24.0. The first-order valence-electron chi connectivity index (χ1n) is 7.66. The van der Waals surface area contributed by atoms with Gasteiger partial charge in [-0.15, -0.1) is 0 Å². The first-order chi connectivity index (χ1) is 9.77. The summed E-state index contributed by atoms with van der Waals surface area (Å²) in [5, 5.41) is 14.3. The zero-order valence-electron chi connectivity index (χ0n) is 13.8. The minimum absolute atomic E-state index is 0.154. The summed E-state index contributed by atoms with van der Waals surface area (Å²) >= 11 is 0. The molecule has 1 N–H and O–H groups in total. The van der Waals surface area contributed by atoms with Gasteiger partial charge in [-0.05, 0) is 39.0 Å². The van der Waals surface area contributed by atoms with Crippen LogP contribution in [0.2, 0.25) is 0 Å². The van der Waals surface area contributed by atoms with Crippen LogP contribution in [0.5, 0.6) is 0 Å². The Labute approximate surface area is 127 Å². The second kappa shape index (κ2) is 6.42. The Bertz CT molecular complexity index is 455. The van der Waals surface area contributed by atoms with Crippen LogP contribution in [0.25, 0.3) is 0 Å². The fourth-order valence-electron chi connectivity index (χ4n) is 2.51. The molecule has 0 spiro atoms. The summed E-state index contributed by atoms with van der Waals surface area (Å²) in [5.41, 5.74) is -0.187. The maximum absolute atomic E-state index is 10.2. The largest absolute Gasteiger partial charge is 0.392 e. The highest BCUT2D eigenvalue weighted by Crippen LogP contribution is 2.24. The van der Waals surface area contributed by atoms with Crippen LogP contribution in [-0.4, -0.2) is 64.9 Å². The molecule has 0 aliphatic carbocycles. The van der Waals surface area contributed by atoms with Crippen molar-refractivity contribution < 1.29 is 9.63 Å². The first-order valence-corrected chi connectivity index (χ1v) is 7.66. The van der Waals surface area contributed by atoms with Crippen LogP contribution < -0.4 is 0 Å². The van der Waals surface area contributed by atoms with Crippen LogP contribution in [0, 0.1) is 5.41 Å². The number of aromatic nitrogens is 2. The molecule has 0 aromatic carbocycles. The lowest BCUT2D eigenvalue weighted by Crippen LogP contribution is -2.31. The maximum atomic E-state index is 10.2. The fourth-order valence-corrected chi connectivity index (χ4v) is 2.51. The van der Waals surface area contributed by atoms with E-state index in [0.29, 0.717) is 12.3 Å². The summed E-state index contributed by atoms with van der Waals surface area (Å²) in [6.45, 7) is 9.03. The van der Waals surface area contributed by atoms with Crippen LogP contribution in [0.3, 0.4) is 0 Å². The molecule has 0 bridgehead atoms. The Balaban J connectivity index is 2.08. The lowest BCUT2D eigenvalue weighted by Gasteiger charge is -2.24. The van der Waals surface area contributed by atoms with Gasteiger partial charge >= 0.3 is 0 Å². The Morgan fingerprint density at radius 3 is 2.71 bits per heavy atom. The molecule has 0 radical (unpaired) electrons. The summed E-state index contributed by atoms with van der Waals surface area (Å²) in [6, 6.07) is 0.154. The minimum Gasteiger partial charge on any atom is -0.392 e. The Morgan fingerprint density at radius 2 is 2.05 bits per heavy atom. The summed E-state index contributed by atoms with van der Waals surface area (Å²) in [5.74, 6) is 1.25. The highest BCUT2D eigenvalue weighted by molar-refractivity contribution is 4.98. The van der Waals surface area contributed by atoms with Crippen molar-refractivity contribution in [1.29, 1.82) is 0 Å². The Hall–Kier alpha value is -0.980. The highest BCUT2D eigenvalue weighted by Gasteiger charge is 2.28. The van der Waals surface area contributed by atoms with Crippen LogP contribution in [0.15, 0.2) is 4.52 Å². The molecule has 1 aliphatic rings. The standard InChI is InChI=1S/C15H28N4O2/c1-15(2,3)12(20)9-13-16-14(17-21-13)11-10-18(4)7-6-8-19(11)5/h11-12,20H,6-10H2,1-5H3. The van der Waals surface area contributed by atoms with E-state index in [9.17, 15) is 5.11 Å². The molecule has 1 fully saturated rings. The molecule has 2 rings (SSSR count). The third kappa shape index (κ3) is 4.25. The number of nitrogens with zero attached hydrogens (tertiary/aromatic N) is 4. The molecule has 1 aromatic heterocycles. The van der Waals surface area contributed by atoms with E-state index in [1.165, 1.54) is 0 Å². The average molecular weight is 296 g/mol. The molecule has 2 unspecified atom stereocenters. The average Bonchev–Trinajstić information content (AvgIpc) is 2.75. The molecule has 2 atom stereocenters. The van der Waals surface area contributed by atoms with Crippen LogP contribution >= 0.6 is 0 Å². The van der Waals surface area contributed by atoms with Gasteiger partial charge < -0.3 is 14.5 Å². The van der Waals surface area contributed by atoms with Crippen molar-refractivity contribution in [2.45, 2.75) is 45.8 Å². The van der Waals surface area contributed by atoms with E-state index in [1.54, 1.807) is 0 Å². The van der Waals surface area contributed by atoms with Gasteiger partial charge in [-0.3, -0.25) is 4.90 Å². The molecule has 1 aliphatic heterocycles. The van der Waals surface area contributed by atoms with Gasteiger partial charge in [0.25, 0.3) is 0 Å². The first kappa shape index (κ1) is 16.4. The van der Waals surface area contributed by atoms with E-state index in [2.05, 4.69) is 34.0 Å². The zero-order valence-corrected chi connectivity index (χ0v) is 13.8. The van der Waals surface area contributed by atoms with Gasteiger partial charge in [0.05, 0.1) is 18.6 Å². The van der Waals surface area contributed by atoms with Gasteiger partial charge in [0.2, 0.25) is 5.89 Å². The van der Waals surface area contributed by atoms with E-state index in [4.69, 9.17) is 4.52 Å². The summed E-state index contributed by atoms with van der Waals surface area (Å²) < 4.78 is 5.34. The second-order valence-electron chi connectivity index (χ2n) is 7.24. The van der Waals surface area contributed by atoms with Gasteiger partial charge in [-0.1, -0.05) is 25.9 Å². The van der Waals surface area contributed by atoms with Crippen molar-refractivity contribution in [2.24, 2.45) is 5.41 Å². The summed E-state index contributed by atoms with van der Waals surface area (Å²) in [7, 11) is 4.22. The molecule has 0 amide bonds. The van der Waals surface area contributed by atoms with Gasteiger partial charge in [-0.25, -0.2) is 0 Å². The van der Waals surface area contributed by atoms with E-state index >= 15 is 0 Å². The molecule has 0 saturated carbocycles. The molecule has 120 valence electrons. The molecule has 2 heterocycles. The Morgan fingerprint density at radius 1 is 1.33 bits per heavy atom. The van der Waals surface area contributed by atoms with Gasteiger partial charge in [0.1, 0.15) is 0 Å². The lowest BCUT2D eigenvalue weighted by atomic mass is 9.87. The van der Waals surface area contributed by atoms with Gasteiger partial charge in [0, 0.05) is 6.54 Å². The van der Waals surface area contributed by atoms with Gasteiger partial charge in [0.15, 0.2) is 5.82 Å². The molecule has 6 nitrogen and oxygen atoms in total. The maximum Gasteiger partial charge on any atom is 0.229 e. The zero-order chi connectivity index (χ0) is 15.6. The SMILES string of the molecule is CN1CCCN(C)C(c2noc(CC(O)C(C)(C)C)n2)C1. The van der Waals surface area contributed by atoms with Crippen molar-refractivity contribution in [3.63, 3.8) is 0 Å². The molecule has 6 heteroatoms. The molecule has 1 aromatic rings. The predicted molar refractivity (Wildman–Crippen MR) is 80.9 cm³/mol. The number of hydrogen-bond acceptors (Lipinski definition) is 6. The third-order valence-corrected chi connectivity index (χ3v) is 4.22. The molecule has 1 saturated heterocycles.